The first kappa shape index (κ1) is 19.8. The van der Waals surface area contributed by atoms with Crippen molar-refractivity contribution in [3.63, 3.8) is 0 Å². The van der Waals surface area contributed by atoms with Gasteiger partial charge in [0.2, 0.25) is 0 Å². The molecule has 11 heteroatoms. The fourth-order valence-electron chi connectivity index (χ4n) is 3.95. The molecule has 1 amide bonds. The van der Waals surface area contributed by atoms with Crippen LogP contribution in [0, 0.1) is 6.92 Å². The number of pyridine rings is 1. The van der Waals surface area contributed by atoms with E-state index in [0.717, 1.165) is 40.6 Å². The number of aryl methyl sites for hydroxylation is 1. The number of fused-ring (bicyclic) bond motifs is 1. The van der Waals surface area contributed by atoms with E-state index in [1.165, 1.54) is 11.2 Å². The highest BCUT2D eigenvalue weighted by molar-refractivity contribution is 7.15. The van der Waals surface area contributed by atoms with Crippen LogP contribution in [-0.4, -0.2) is 45.2 Å². The molecule has 0 radical (unpaired) electrons. The van der Waals surface area contributed by atoms with Crippen LogP contribution in [-0.2, 0) is 0 Å². The quantitative estimate of drug-likeness (QED) is 0.402. The molecular formula is C22H21N9OS. The van der Waals surface area contributed by atoms with E-state index in [4.69, 9.17) is 4.98 Å². The lowest BCUT2D eigenvalue weighted by molar-refractivity contribution is 0.0938. The second-order valence-electron chi connectivity index (χ2n) is 8.26. The Morgan fingerprint density at radius 2 is 2.15 bits per heavy atom. The molecule has 0 saturated heterocycles. The molecule has 1 aliphatic rings. The van der Waals surface area contributed by atoms with Gasteiger partial charge in [-0.25, -0.2) is 4.98 Å². The standard InChI is InChI=1S/C22H21N9OS/c1-12-3-6-18(33-12)17-8-23-21-16(31-11-26-29-20(31)14-4-5-14)7-15(9-30(17)21)22(32)27-13(2)19-24-10-25-28-19/h3,6-11,13-14H,4-5H2,1-2H3,(H,27,32)(H,24,25,28)/t13-/m0/s1. The average molecular weight is 460 g/mol. The number of aromatic amines is 1. The molecule has 5 heterocycles. The normalized spacial score (nSPS) is 14.6. The summed E-state index contributed by atoms with van der Waals surface area (Å²) >= 11 is 1.69. The van der Waals surface area contributed by atoms with Gasteiger partial charge in [0.05, 0.1) is 34.1 Å². The average Bonchev–Trinajstić information content (AvgIpc) is 3.28. The van der Waals surface area contributed by atoms with Crippen molar-refractivity contribution in [2.45, 2.75) is 38.6 Å². The molecule has 10 nitrogen and oxygen atoms in total. The summed E-state index contributed by atoms with van der Waals surface area (Å²) in [6.45, 7) is 3.94. The Kier molecular flexibility index (Phi) is 4.57. The van der Waals surface area contributed by atoms with Crippen molar-refractivity contribution in [1.82, 2.24) is 44.6 Å². The van der Waals surface area contributed by atoms with Gasteiger partial charge in [0.25, 0.3) is 5.91 Å². The van der Waals surface area contributed by atoms with Crippen LogP contribution in [0.3, 0.4) is 0 Å². The van der Waals surface area contributed by atoms with Gasteiger partial charge in [-0.3, -0.25) is 13.8 Å². The Morgan fingerprint density at radius 3 is 2.88 bits per heavy atom. The highest BCUT2D eigenvalue weighted by atomic mass is 32.1. The van der Waals surface area contributed by atoms with Crippen molar-refractivity contribution in [2.24, 2.45) is 0 Å². The van der Waals surface area contributed by atoms with Crippen molar-refractivity contribution in [3.05, 3.63) is 65.3 Å². The lowest BCUT2D eigenvalue weighted by Crippen LogP contribution is -2.28. The molecule has 2 N–H and O–H groups in total. The third-order valence-corrected chi connectivity index (χ3v) is 6.83. The third-order valence-electron chi connectivity index (χ3n) is 5.81. The van der Waals surface area contributed by atoms with E-state index in [1.54, 1.807) is 17.7 Å². The van der Waals surface area contributed by atoms with Crippen molar-refractivity contribution in [3.8, 4) is 16.3 Å². The molecular weight excluding hydrogens is 438 g/mol. The van der Waals surface area contributed by atoms with Gasteiger partial charge < -0.3 is 10.3 Å². The van der Waals surface area contributed by atoms with E-state index in [2.05, 4.69) is 49.8 Å². The number of nitrogens with zero attached hydrogens (tertiary/aromatic N) is 7. The molecule has 5 aromatic rings. The number of carbonyl (C=O) groups is 1. The summed E-state index contributed by atoms with van der Waals surface area (Å²) in [5.41, 5.74) is 2.97. The van der Waals surface area contributed by atoms with Crippen molar-refractivity contribution >= 4 is 22.9 Å². The molecule has 5 aromatic heterocycles. The zero-order chi connectivity index (χ0) is 22.5. The summed E-state index contributed by atoms with van der Waals surface area (Å²) in [5.74, 6) is 1.67. The fourth-order valence-corrected chi connectivity index (χ4v) is 4.82. The highest BCUT2D eigenvalue weighted by Gasteiger charge is 2.30. The van der Waals surface area contributed by atoms with Gasteiger partial charge in [-0.2, -0.15) is 0 Å². The summed E-state index contributed by atoms with van der Waals surface area (Å²) in [7, 11) is 0. The van der Waals surface area contributed by atoms with Crippen LogP contribution in [0.25, 0.3) is 21.9 Å². The van der Waals surface area contributed by atoms with Crippen LogP contribution in [0.4, 0.5) is 0 Å². The first-order valence-electron chi connectivity index (χ1n) is 10.7. The first-order chi connectivity index (χ1) is 16.1. The molecule has 1 fully saturated rings. The maximum absolute atomic E-state index is 13.3. The number of amides is 1. The Labute approximate surface area is 192 Å². The van der Waals surface area contributed by atoms with Gasteiger partial charge in [0, 0.05) is 17.0 Å². The van der Waals surface area contributed by atoms with Crippen LogP contribution in [0.1, 0.15) is 58.6 Å². The van der Waals surface area contributed by atoms with Crippen LogP contribution in [0.2, 0.25) is 0 Å². The zero-order valence-corrected chi connectivity index (χ0v) is 18.9. The summed E-state index contributed by atoms with van der Waals surface area (Å²) in [4.78, 5) is 23.2. The van der Waals surface area contributed by atoms with Crippen LogP contribution < -0.4 is 5.32 Å². The van der Waals surface area contributed by atoms with E-state index >= 15 is 0 Å². The van der Waals surface area contributed by atoms with Gasteiger partial charge >= 0.3 is 0 Å². The van der Waals surface area contributed by atoms with E-state index in [9.17, 15) is 4.79 Å². The van der Waals surface area contributed by atoms with Crippen molar-refractivity contribution < 1.29 is 4.79 Å². The van der Waals surface area contributed by atoms with Crippen LogP contribution >= 0.6 is 11.3 Å². The highest BCUT2D eigenvalue weighted by Crippen LogP contribution is 2.40. The number of nitrogens with one attached hydrogen (secondary N) is 2. The van der Waals surface area contributed by atoms with Gasteiger partial charge in [-0.05, 0) is 44.9 Å². The predicted molar refractivity (Wildman–Crippen MR) is 122 cm³/mol. The molecule has 6 rings (SSSR count). The fraction of sp³-hybridized carbons (Fsp3) is 0.273. The smallest absolute Gasteiger partial charge is 0.253 e. The van der Waals surface area contributed by atoms with E-state index in [1.807, 2.05) is 34.4 Å². The summed E-state index contributed by atoms with van der Waals surface area (Å²) in [6.07, 6.45) is 9.07. The number of hydrogen-bond acceptors (Lipinski definition) is 7. The van der Waals surface area contributed by atoms with Crippen molar-refractivity contribution in [1.29, 1.82) is 0 Å². The number of aromatic nitrogens is 8. The summed E-state index contributed by atoms with van der Waals surface area (Å²) < 4.78 is 3.94. The van der Waals surface area contributed by atoms with Crippen molar-refractivity contribution in [2.75, 3.05) is 0 Å². The second kappa shape index (κ2) is 7.62. The van der Waals surface area contributed by atoms with E-state index < -0.39 is 0 Å². The van der Waals surface area contributed by atoms with Gasteiger partial charge in [0.15, 0.2) is 11.5 Å². The van der Waals surface area contributed by atoms with Crippen LogP contribution in [0.5, 0.6) is 0 Å². The molecule has 0 aromatic carbocycles. The monoisotopic (exact) mass is 459 g/mol. The molecule has 0 aliphatic heterocycles. The number of hydrogen-bond donors (Lipinski definition) is 2. The van der Waals surface area contributed by atoms with Gasteiger partial charge in [0.1, 0.15) is 18.5 Å². The Morgan fingerprint density at radius 1 is 1.27 bits per heavy atom. The largest absolute Gasteiger partial charge is 0.342 e. The second-order valence-corrected chi connectivity index (χ2v) is 9.55. The maximum Gasteiger partial charge on any atom is 0.253 e. The predicted octanol–water partition coefficient (Wildman–Crippen LogP) is 3.44. The topological polar surface area (TPSA) is 119 Å². The molecule has 0 spiro atoms. The number of rotatable bonds is 6. The van der Waals surface area contributed by atoms with Gasteiger partial charge in [-0.15, -0.1) is 31.7 Å². The number of imidazole rings is 1. The minimum atomic E-state index is -0.321. The number of H-pyrrole nitrogens is 1. The van der Waals surface area contributed by atoms with E-state index in [-0.39, 0.29) is 11.9 Å². The molecule has 1 saturated carbocycles. The first-order valence-corrected chi connectivity index (χ1v) is 11.5. The van der Waals surface area contributed by atoms with E-state index in [0.29, 0.717) is 17.3 Å². The molecule has 1 aliphatic carbocycles. The number of carbonyl (C=O) groups excluding carboxylic acids is 1. The van der Waals surface area contributed by atoms with Crippen LogP contribution in [0.15, 0.2) is 43.2 Å². The Bertz CT molecular complexity index is 1460. The minimum absolute atomic E-state index is 0.217. The Hall–Kier alpha value is -3.86. The van der Waals surface area contributed by atoms with Gasteiger partial charge in [-0.1, -0.05) is 0 Å². The molecule has 33 heavy (non-hydrogen) atoms. The summed E-state index contributed by atoms with van der Waals surface area (Å²) in [6, 6.07) is 5.69. The molecule has 1 atom stereocenters. The third kappa shape index (κ3) is 3.50. The molecule has 166 valence electrons. The minimum Gasteiger partial charge on any atom is -0.342 e. The lowest BCUT2D eigenvalue weighted by atomic mass is 10.2. The molecule has 0 bridgehead atoms. The zero-order valence-electron chi connectivity index (χ0n) is 18.1. The maximum atomic E-state index is 13.3. The number of thiophene rings is 1. The SMILES string of the molecule is Cc1ccc(-c2cnc3c(-n4cnnc4C4CC4)cc(C(=O)N[C@@H](C)c4nnc[nH]4)cn23)s1. The lowest BCUT2D eigenvalue weighted by Gasteiger charge is -2.14. The Balaban J connectivity index is 1.49. The molecule has 0 unspecified atom stereocenters. The summed E-state index contributed by atoms with van der Waals surface area (Å²) in [5, 5.41) is 19.3.